The molecular formula is C29H41N5O6. The van der Waals surface area contributed by atoms with Gasteiger partial charge < -0.3 is 34.8 Å². The minimum Gasteiger partial charge on any atom is -0.487 e. The first-order chi connectivity index (χ1) is 19.1. The number of hydrogen-bond donors (Lipinski definition) is 3. The predicted molar refractivity (Wildman–Crippen MR) is 150 cm³/mol. The van der Waals surface area contributed by atoms with Crippen LogP contribution in [0.4, 0.5) is 16.2 Å². The van der Waals surface area contributed by atoms with Crippen molar-refractivity contribution < 1.29 is 28.8 Å². The van der Waals surface area contributed by atoms with Crippen molar-refractivity contribution in [2.45, 2.75) is 71.9 Å². The van der Waals surface area contributed by atoms with E-state index in [0.29, 0.717) is 40.7 Å². The molecule has 0 radical (unpaired) electrons. The number of likely N-dealkylation sites (N-methyl/N-ethyl adjacent to an activating group) is 1. The molecule has 11 heteroatoms. The highest BCUT2D eigenvalue weighted by molar-refractivity contribution is 6.00. The maximum absolute atomic E-state index is 13.7. The highest BCUT2D eigenvalue weighted by Crippen LogP contribution is 2.32. The van der Waals surface area contributed by atoms with Crippen LogP contribution in [0.15, 0.2) is 22.7 Å². The number of anilines is 2. The van der Waals surface area contributed by atoms with Crippen molar-refractivity contribution in [1.82, 2.24) is 15.0 Å². The summed E-state index contributed by atoms with van der Waals surface area (Å²) in [4.78, 5) is 42.7. The Morgan fingerprint density at radius 2 is 1.93 bits per heavy atom. The van der Waals surface area contributed by atoms with Crippen molar-refractivity contribution in [3.63, 3.8) is 0 Å². The summed E-state index contributed by atoms with van der Waals surface area (Å²) in [6, 6.07) is 4.31. The molecule has 1 saturated carbocycles. The molecule has 3 N–H and O–H groups in total. The zero-order valence-corrected chi connectivity index (χ0v) is 24.0. The molecule has 1 aromatic heterocycles. The predicted octanol–water partition coefficient (Wildman–Crippen LogP) is 4.19. The first-order valence-corrected chi connectivity index (χ1v) is 14.1. The maximum atomic E-state index is 13.7. The topological polar surface area (TPSA) is 137 Å². The fourth-order valence-corrected chi connectivity index (χ4v) is 5.34. The maximum Gasteiger partial charge on any atom is 0.321 e. The normalized spacial score (nSPS) is 20.6. The van der Waals surface area contributed by atoms with Gasteiger partial charge in [-0.2, -0.15) is 0 Å². The van der Waals surface area contributed by atoms with E-state index in [1.165, 1.54) is 4.90 Å². The van der Waals surface area contributed by atoms with Crippen LogP contribution >= 0.6 is 0 Å². The number of rotatable bonds is 7. The van der Waals surface area contributed by atoms with Gasteiger partial charge in [0.25, 0.3) is 5.91 Å². The largest absolute Gasteiger partial charge is 0.487 e. The first-order valence-electron chi connectivity index (χ1n) is 14.1. The molecule has 11 nitrogen and oxygen atoms in total. The Hall–Kier alpha value is -3.60. The summed E-state index contributed by atoms with van der Waals surface area (Å²) < 4.78 is 11.5. The number of benzene rings is 1. The van der Waals surface area contributed by atoms with Crippen molar-refractivity contribution in [2.75, 3.05) is 37.4 Å². The van der Waals surface area contributed by atoms with Gasteiger partial charge >= 0.3 is 6.03 Å². The van der Waals surface area contributed by atoms with Gasteiger partial charge in [0.2, 0.25) is 5.91 Å². The Kier molecular flexibility index (Phi) is 9.34. The molecule has 1 aliphatic heterocycles. The third kappa shape index (κ3) is 6.57. The average molecular weight is 556 g/mol. The number of urea groups is 1. The van der Waals surface area contributed by atoms with Crippen LogP contribution in [0.1, 0.15) is 67.8 Å². The lowest BCUT2D eigenvalue weighted by Crippen LogP contribution is -2.50. The Balaban J connectivity index is 1.56. The number of hydrogen-bond acceptors (Lipinski definition) is 7. The number of nitrogens with one attached hydrogen (secondary N) is 2. The van der Waals surface area contributed by atoms with Gasteiger partial charge in [0.15, 0.2) is 5.76 Å². The van der Waals surface area contributed by atoms with E-state index in [2.05, 4.69) is 15.8 Å². The highest BCUT2D eigenvalue weighted by Gasteiger charge is 2.34. The van der Waals surface area contributed by atoms with Gasteiger partial charge in [-0.25, -0.2) is 4.79 Å². The zero-order chi connectivity index (χ0) is 29.0. The summed E-state index contributed by atoms with van der Waals surface area (Å²) >= 11 is 0. The highest BCUT2D eigenvalue weighted by atomic mass is 16.5. The zero-order valence-electron chi connectivity index (χ0n) is 24.0. The van der Waals surface area contributed by atoms with Crippen LogP contribution in [0.2, 0.25) is 0 Å². The van der Waals surface area contributed by atoms with Crippen LogP contribution in [-0.2, 0) is 4.79 Å². The van der Waals surface area contributed by atoms with E-state index >= 15 is 0 Å². The molecule has 218 valence electrons. The second-order valence-electron chi connectivity index (χ2n) is 11.2. The molecule has 0 bridgehead atoms. The number of aryl methyl sites for hydroxylation is 2. The number of amides is 4. The minimum atomic E-state index is -0.455. The van der Waals surface area contributed by atoms with Crippen molar-refractivity contribution in [3.05, 3.63) is 35.2 Å². The lowest BCUT2D eigenvalue weighted by molar-refractivity contribution is -0.120. The third-order valence-corrected chi connectivity index (χ3v) is 7.97. The number of aliphatic hydroxyl groups excluding tert-OH is 1. The fourth-order valence-electron chi connectivity index (χ4n) is 5.34. The van der Waals surface area contributed by atoms with Crippen LogP contribution in [0.5, 0.6) is 5.75 Å². The molecule has 3 atom stereocenters. The monoisotopic (exact) mass is 555 g/mol. The quantitative estimate of drug-likeness (QED) is 0.466. The van der Waals surface area contributed by atoms with E-state index in [1.54, 1.807) is 50.9 Å². The Morgan fingerprint density at radius 1 is 1.20 bits per heavy atom. The van der Waals surface area contributed by atoms with Crippen LogP contribution in [0, 0.1) is 25.7 Å². The number of ether oxygens (including phenoxy) is 1. The molecule has 1 aliphatic carbocycles. The number of nitrogens with zero attached hydrogens (tertiary/aromatic N) is 3. The van der Waals surface area contributed by atoms with Gasteiger partial charge in [-0.1, -0.05) is 31.3 Å². The Bertz CT molecular complexity index is 1200. The second-order valence-corrected chi connectivity index (χ2v) is 11.2. The summed E-state index contributed by atoms with van der Waals surface area (Å²) in [5.74, 6) is 0.392. The van der Waals surface area contributed by atoms with Crippen LogP contribution < -0.4 is 15.4 Å². The third-order valence-electron chi connectivity index (χ3n) is 7.97. The molecule has 4 rings (SSSR count). The van der Waals surface area contributed by atoms with E-state index in [0.717, 1.165) is 32.1 Å². The molecule has 2 aliphatic rings. The van der Waals surface area contributed by atoms with Crippen molar-refractivity contribution in [3.8, 4) is 5.75 Å². The van der Waals surface area contributed by atoms with Gasteiger partial charge in [-0.15, -0.1) is 0 Å². The summed E-state index contributed by atoms with van der Waals surface area (Å²) in [5, 5.41) is 19.6. The molecule has 2 aromatic rings. The molecule has 2 heterocycles. The van der Waals surface area contributed by atoms with Gasteiger partial charge in [0.1, 0.15) is 23.2 Å². The Labute approximate surface area is 235 Å². The smallest absolute Gasteiger partial charge is 0.321 e. The molecular weight excluding hydrogens is 514 g/mol. The number of fused-ring (bicyclic) bond motifs is 1. The molecule has 0 unspecified atom stereocenters. The summed E-state index contributed by atoms with van der Waals surface area (Å²) in [6.45, 7) is 7.60. The molecule has 40 heavy (non-hydrogen) atoms. The second kappa shape index (κ2) is 12.7. The molecule has 0 spiro atoms. The van der Waals surface area contributed by atoms with E-state index < -0.39 is 12.1 Å². The van der Waals surface area contributed by atoms with E-state index in [9.17, 15) is 19.5 Å². The van der Waals surface area contributed by atoms with Crippen molar-refractivity contribution in [2.24, 2.45) is 11.8 Å². The number of aromatic nitrogens is 1. The fraction of sp³-hybridized carbons (Fsp3) is 0.586. The molecule has 1 fully saturated rings. The lowest BCUT2D eigenvalue weighted by Gasteiger charge is -2.38. The van der Waals surface area contributed by atoms with E-state index in [1.807, 2.05) is 6.92 Å². The standard InChI is InChI=1S/C29H41N5O6/c1-17-14-34(18(2)16-35)28(37)23-13-22(30-27(36)21-9-7-6-8-10-21)11-12-24(23)39-25(17)15-33(5)29(38)31-26-19(3)32-40-20(26)4/h11-13,17-18,21,25,35H,6-10,14-16H2,1-5H3,(H,30,36)(H,31,38)/t17-,18-,25-/m1/s1. The molecule has 4 amide bonds. The Morgan fingerprint density at radius 3 is 2.58 bits per heavy atom. The number of carbonyl (C=O) groups is 3. The number of aliphatic hydroxyl groups is 1. The van der Waals surface area contributed by atoms with E-state index in [-0.39, 0.29) is 42.8 Å². The molecule has 1 aromatic carbocycles. The van der Waals surface area contributed by atoms with Crippen LogP contribution in [0.25, 0.3) is 0 Å². The van der Waals surface area contributed by atoms with Gasteiger partial charge in [-0.05, 0) is 51.8 Å². The number of carbonyl (C=O) groups excluding carboxylic acids is 3. The minimum absolute atomic E-state index is 0.0223. The summed E-state index contributed by atoms with van der Waals surface area (Å²) in [5.41, 5.74) is 1.96. The van der Waals surface area contributed by atoms with Gasteiger partial charge in [0, 0.05) is 31.1 Å². The van der Waals surface area contributed by atoms with Gasteiger partial charge in [-0.3, -0.25) is 9.59 Å². The van der Waals surface area contributed by atoms with Gasteiger partial charge in [0.05, 0.1) is 24.8 Å². The summed E-state index contributed by atoms with van der Waals surface area (Å²) in [7, 11) is 1.67. The SMILES string of the molecule is Cc1noc(C)c1NC(=O)N(C)C[C@H]1Oc2ccc(NC(=O)C3CCCCC3)cc2C(=O)N([C@H](C)CO)C[C@H]1C. The average Bonchev–Trinajstić information content (AvgIpc) is 3.27. The lowest BCUT2D eigenvalue weighted by atomic mass is 9.88. The van der Waals surface area contributed by atoms with Crippen LogP contribution in [0.3, 0.4) is 0 Å². The first kappa shape index (κ1) is 29.4. The van der Waals surface area contributed by atoms with Crippen LogP contribution in [-0.4, -0.2) is 76.8 Å². The van der Waals surface area contributed by atoms with E-state index in [4.69, 9.17) is 9.26 Å². The van der Waals surface area contributed by atoms with Crippen molar-refractivity contribution in [1.29, 1.82) is 0 Å². The summed E-state index contributed by atoms with van der Waals surface area (Å²) in [6.07, 6.45) is 4.54. The van der Waals surface area contributed by atoms with Crippen molar-refractivity contribution >= 4 is 29.2 Å². The molecule has 0 saturated heterocycles.